The third-order valence-electron chi connectivity index (χ3n) is 2.81. The first-order chi connectivity index (χ1) is 8.81. The lowest BCUT2D eigenvalue weighted by Crippen LogP contribution is -2.12. The Morgan fingerprint density at radius 3 is 2.72 bits per heavy atom. The van der Waals surface area contributed by atoms with Gasteiger partial charge in [0.1, 0.15) is 0 Å². The summed E-state index contributed by atoms with van der Waals surface area (Å²) < 4.78 is 1.94. The minimum Gasteiger partial charge on any atom is -0.309 e. The monoisotopic (exact) mass is 263 g/mol. The van der Waals surface area contributed by atoms with E-state index in [-0.39, 0.29) is 0 Å². The van der Waals surface area contributed by atoms with E-state index in [0.717, 1.165) is 25.2 Å². The normalized spacial score (nSPS) is 10.8. The summed E-state index contributed by atoms with van der Waals surface area (Å²) in [6, 6.07) is 8.33. The van der Waals surface area contributed by atoms with Crippen LogP contribution in [0.2, 0.25) is 0 Å². The quantitative estimate of drug-likeness (QED) is 0.812. The van der Waals surface area contributed by atoms with Gasteiger partial charge < -0.3 is 5.32 Å². The molecule has 1 N–H and O–H groups in total. The van der Waals surface area contributed by atoms with Gasteiger partial charge >= 0.3 is 0 Å². The first-order valence-corrected chi connectivity index (χ1v) is 6.71. The molecular weight excluding hydrogens is 246 g/mol. The molecule has 3 nitrogen and oxygen atoms in total. The highest BCUT2D eigenvalue weighted by atomic mass is 35.5. The molecule has 0 aliphatic heterocycles. The fraction of sp³-hybridized carbons (Fsp3) is 0.357. The number of rotatable bonds is 6. The average Bonchev–Trinajstić information content (AvgIpc) is 2.87. The Kier molecular flexibility index (Phi) is 4.79. The van der Waals surface area contributed by atoms with E-state index >= 15 is 0 Å². The molecule has 2 aromatic rings. The maximum absolute atomic E-state index is 5.82. The molecule has 0 radical (unpaired) electrons. The Hall–Kier alpha value is -1.32. The number of nitrogens with zero attached hydrogens (tertiary/aromatic N) is 2. The molecule has 0 fully saturated rings. The predicted molar refractivity (Wildman–Crippen MR) is 74.4 cm³/mol. The second-order valence-corrected chi connectivity index (χ2v) is 4.53. The summed E-state index contributed by atoms with van der Waals surface area (Å²) in [5, 5.41) is 7.66. The summed E-state index contributed by atoms with van der Waals surface area (Å²) in [5.74, 6) is 0.567. The summed E-state index contributed by atoms with van der Waals surface area (Å²) in [4.78, 5) is 0. The van der Waals surface area contributed by atoms with Crippen LogP contribution in [0.3, 0.4) is 0 Å². The number of alkyl halides is 1. The van der Waals surface area contributed by atoms with Gasteiger partial charge in [-0.2, -0.15) is 5.10 Å². The highest BCUT2D eigenvalue weighted by Crippen LogP contribution is 2.08. The summed E-state index contributed by atoms with van der Waals surface area (Å²) in [5.41, 5.74) is 3.64. The lowest BCUT2D eigenvalue weighted by molar-refractivity contribution is 0.655. The van der Waals surface area contributed by atoms with Crippen molar-refractivity contribution in [1.82, 2.24) is 15.1 Å². The van der Waals surface area contributed by atoms with E-state index in [4.69, 9.17) is 11.6 Å². The number of hydrogen-bond acceptors (Lipinski definition) is 2. The molecule has 0 aliphatic rings. The van der Waals surface area contributed by atoms with Crippen LogP contribution in [0.1, 0.15) is 23.6 Å². The zero-order chi connectivity index (χ0) is 12.8. The Bertz CT molecular complexity index is 493. The SMILES string of the molecule is CCn1cc(CNCc2cccc(CCl)c2)cn1. The number of benzene rings is 1. The Balaban J connectivity index is 1.84. The molecule has 1 aromatic carbocycles. The summed E-state index contributed by atoms with van der Waals surface area (Å²) in [6.07, 6.45) is 3.98. The molecule has 1 heterocycles. The zero-order valence-electron chi connectivity index (χ0n) is 10.6. The average molecular weight is 264 g/mol. The third-order valence-corrected chi connectivity index (χ3v) is 3.12. The van der Waals surface area contributed by atoms with Crippen molar-refractivity contribution in [3.63, 3.8) is 0 Å². The van der Waals surface area contributed by atoms with Crippen LogP contribution in [0.25, 0.3) is 0 Å². The van der Waals surface area contributed by atoms with Crippen LogP contribution in [-0.4, -0.2) is 9.78 Å². The van der Waals surface area contributed by atoms with Crippen LogP contribution in [0.4, 0.5) is 0 Å². The van der Waals surface area contributed by atoms with Gasteiger partial charge in [0.05, 0.1) is 6.20 Å². The maximum atomic E-state index is 5.82. The Labute approximate surface area is 113 Å². The van der Waals surface area contributed by atoms with Crippen molar-refractivity contribution in [2.24, 2.45) is 0 Å². The van der Waals surface area contributed by atoms with E-state index < -0.39 is 0 Å². The van der Waals surface area contributed by atoms with E-state index in [2.05, 4.69) is 35.7 Å². The highest BCUT2D eigenvalue weighted by Gasteiger charge is 1.98. The van der Waals surface area contributed by atoms with Crippen LogP contribution in [-0.2, 0) is 25.5 Å². The van der Waals surface area contributed by atoms with Crippen molar-refractivity contribution in [2.45, 2.75) is 32.4 Å². The molecule has 0 saturated heterocycles. The largest absolute Gasteiger partial charge is 0.309 e. The number of hydrogen-bond donors (Lipinski definition) is 1. The number of aryl methyl sites for hydroxylation is 1. The van der Waals surface area contributed by atoms with E-state index in [1.807, 2.05) is 23.0 Å². The fourth-order valence-electron chi connectivity index (χ4n) is 1.84. The zero-order valence-corrected chi connectivity index (χ0v) is 11.3. The van der Waals surface area contributed by atoms with Gasteiger partial charge in [-0.1, -0.05) is 24.3 Å². The molecule has 18 heavy (non-hydrogen) atoms. The molecule has 0 atom stereocenters. The van der Waals surface area contributed by atoms with Crippen LogP contribution >= 0.6 is 11.6 Å². The van der Waals surface area contributed by atoms with Gasteiger partial charge in [0.2, 0.25) is 0 Å². The van der Waals surface area contributed by atoms with Crippen molar-refractivity contribution >= 4 is 11.6 Å². The molecule has 96 valence electrons. The first kappa shape index (κ1) is 13.1. The van der Waals surface area contributed by atoms with Crippen molar-refractivity contribution in [1.29, 1.82) is 0 Å². The highest BCUT2D eigenvalue weighted by molar-refractivity contribution is 6.17. The minimum atomic E-state index is 0.567. The van der Waals surface area contributed by atoms with E-state index in [1.165, 1.54) is 11.1 Å². The molecule has 0 spiro atoms. The van der Waals surface area contributed by atoms with E-state index in [9.17, 15) is 0 Å². The molecule has 0 aliphatic carbocycles. The van der Waals surface area contributed by atoms with Gasteiger partial charge in [0.15, 0.2) is 0 Å². The van der Waals surface area contributed by atoms with Crippen molar-refractivity contribution in [3.8, 4) is 0 Å². The molecule has 0 bridgehead atoms. The van der Waals surface area contributed by atoms with E-state index in [1.54, 1.807) is 0 Å². The topological polar surface area (TPSA) is 29.9 Å². The second-order valence-electron chi connectivity index (χ2n) is 4.26. The fourth-order valence-corrected chi connectivity index (χ4v) is 2.01. The summed E-state index contributed by atoms with van der Waals surface area (Å²) in [7, 11) is 0. The lowest BCUT2D eigenvalue weighted by atomic mass is 10.1. The molecule has 1 aromatic heterocycles. The van der Waals surface area contributed by atoms with Gasteiger partial charge in [0, 0.05) is 37.3 Å². The molecule has 2 rings (SSSR count). The Morgan fingerprint density at radius 2 is 2.00 bits per heavy atom. The molecule has 0 amide bonds. The van der Waals surface area contributed by atoms with Crippen molar-refractivity contribution in [3.05, 3.63) is 53.3 Å². The Morgan fingerprint density at radius 1 is 1.22 bits per heavy atom. The smallest absolute Gasteiger partial charge is 0.0534 e. The summed E-state index contributed by atoms with van der Waals surface area (Å²) in [6.45, 7) is 4.69. The standard InChI is InChI=1S/C14H18ClN3/c1-2-18-11-14(10-17-18)9-16-8-13-5-3-4-12(6-13)7-15/h3-6,10-11,16H,2,7-9H2,1H3. The van der Waals surface area contributed by atoms with Gasteiger partial charge in [-0.3, -0.25) is 4.68 Å². The predicted octanol–water partition coefficient (Wildman–Crippen LogP) is 2.93. The minimum absolute atomic E-state index is 0.567. The van der Waals surface area contributed by atoms with Gasteiger partial charge in [0.25, 0.3) is 0 Å². The van der Waals surface area contributed by atoms with Crippen molar-refractivity contribution in [2.75, 3.05) is 0 Å². The van der Waals surface area contributed by atoms with Gasteiger partial charge in [-0.05, 0) is 18.1 Å². The van der Waals surface area contributed by atoms with Crippen LogP contribution in [0.15, 0.2) is 36.7 Å². The van der Waals surface area contributed by atoms with Crippen LogP contribution in [0, 0.1) is 0 Å². The molecule has 0 unspecified atom stereocenters. The van der Waals surface area contributed by atoms with E-state index in [0.29, 0.717) is 5.88 Å². The second kappa shape index (κ2) is 6.57. The van der Waals surface area contributed by atoms with Crippen LogP contribution < -0.4 is 5.32 Å². The summed E-state index contributed by atoms with van der Waals surface area (Å²) >= 11 is 5.82. The number of halogens is 1. The molecule has 0 saturated carbocycles. The van der Waals surface area contributed by atoms with Crippen molar-refractivity contribution < 1.29 is 0 Å². The lowest BCUT2D eigenvalue weighted by Gasteiger charge is -2.04. The van der Waals surface area contributed by atoms with Gasteiger partial charge in [-0.15, -0.1) is 11.6 Å². The molecular formula is C14H18ClN3. The third kappa shape index (κ3) is 3.59. The number of aromatic nitrogens is 2. The number of nitrogens with one attached hydrogen (secondary N) is 1. The first-order valence-electron chi connectivity index (χ1n) is 6.17. The molecule has 4 heteroatoms. The maximum Gasteiger partial charge on any atom is 0.0534 e. The van der Waals surface area contributed by atoms with Crippen LogP contribution in [0.5, 0.6) is 0 Å². The van der Waals surface area contributed by atoms with Gasteiger partial charge in [-0.25, -0.2) is 0 Å².